The van der Waals surface area contributed by atoms with Gasteiger partial charge in [0.05, 0.1) is 0 Å². The largest absolute Gasteiger partial charge is 0.384 e. The van der Waals surface area contributed by atoms with Crippen molar-refractivity contribution in [2.75, 3.05) is 40.0 Å². The lowest BCUT2D eigenvalue weighted by atomic mass is 10.2. The second-order valence-corrected chi connectivity index (χ2v) is 4.59. The van der Waals surface area contributed by atoms with Gasteiger partial charge in [0, 0.05) is 26.9 Å². The Morgan fingerprint density at radius 1 is 1.13 bits per heavy atom. The van der Waals surface area contributed by atoms with Crippen molar-refractivity contribution in [1.29, 1.82) is 0 Å². The summed E-state index contributed by atoms with van der Waals surface area (Å²) in [5.74, 6) is 1.23. The van der Waals surface area contributed by atoms with Crippen LogP contribution in [-0.2, 0) is 9.47 Å². The van der Waals surface area contributed by atoms with Crippen LogP contribution in [0.3, 0.4) is 0 Å². The van der Waals surface area contributed by atoms with E-state index in [-0.39, 0.29) is 0 Å². The Labute approximate surface area is 94.5 Å². The van der Waals surface area contributed by atoms with Crippen LogP contribution in [0.1, 0.15) is 27.2 Å². The van der Waals surface area contributed by atoms with Gasteiger partial charge < -0.3 is 14.8 Å². The molecule has 0 aromatic rings. The van der Waals surface area contributed by atoms with Gasteiger partial charge in [0.1, 0.15) is 0 Å². The van der Waals surface area contributed by atoms with Gasteiger partial charge >= 0.3 is 0 Å². The molecule has 0 aliphatic rings. The fourth-order valence-corrected chi connectivity index (χ4v) is 1.31. The Kier molecular flexibility index (Phi) is 10.3. The monoisotopic (exact) mass is 217 g/mol. The van der Waals surface area contributed by atoms with E-state index in [0.29, 0.717) is 11.8 Å². The molecule has 0 fully saturated rings. The molecule has 1 N–H and O–H groups in total. The van der Waals surface area contributed by atoms with Gasteiger partial charge in [-0.25, -0.2) is 0 Å². The Balaban J connectivity index is 3.04. The van der Waals surface area contributed by atoms with Gasteiger partial charge in [0.2, 0.25) is 0 Å². The molecule has 3 nitrogen and oxygen atoms in total. The van der Waals surface area contributed by atoms with E-state index >= 15 is 0 Å². The molecule has 0 amide bonds. The van der Waals surface area contributed by atoms with Crippen molar-refractivity contribution in [1.82, 2.24) is 5.32 Å². The van der Waals surface area contributed by atoms with E-state index in [1.807, 2.05) is 0 Å². The lowest BCUT2D eigenvalue weighted by Gasteiger charge is -2.11. The molecule has 0 aromatic carbocycles. The van der Waals surface area contributed by atoms with Crippen LogP contribution in [-0.4, -0.2) is 40.0 Å². The van der Waals surface area contributed by atoms with Crippen LogP contribution in [0.2, 0.25) is 0 Å². The molecule has 92 valence electrons. The lowest BCUT2D eigenvalue weighted by molar-refractivity contribution is 0.107. The van der Waals surface area contributed by atoms with Crippen LogP contribution in [0, 0.1) is 11.8 Å². The summed E-state index contributed by atoms with van der Waals surface area (Å²) in [6.45, 7) is 11.2. The highest BCUT2D eigenvalue weighted by atomic mass is 16.5. The molecule has 0 aliphatic heterocycles. The van der Waals surface area contributed by atoms with Crippen LogP contribution in [0.15, 0.2) is 0 Å². The number of hydrogen-bond donors (Lipinski definition) is 1. The van der Waals surface area contributed by atoms with E-state index < -0.39 is 0 Å². The van der Waals surface area contributed by atoms with Gasteiger partial charge in [-0.05, 0) is 31.3 Å². The predicted octanol–water partition coefficient (Wildman–Crippen LogP) is 1.92. The average Bonchev–Trinajstić information content (AvgIpc) is 2.16. The van der Waals surface area contributed by atoms with Crippen molar-refractivity contribution in [2.45, 2.75) is 27.2 Å². The van der Waals surface area contributed by atoms with E-state index in [1.165, 1.54) is 0 Å². The molecule has 0 spiro atoms. The second-order valence-electron chi connectivity index (χ2n) is 4.59. The summed E-state index contributed by atoms with van der Waals surface area (Å²) < 4.78 is 10.5. The van der Waals surface area contributed by atoms with E-state index in [0.717, 1.165) is 39.3 Å². The van der Waals surface area contributed by atoms with E-state index in [4.69, 9.17) is 9.47 Å². The SMILES string of the molecule is COCC(C)CNCCCOCC(C)C. The molecular weight excluding hydrogens is 190 g/mol. The smallest absolute Gasteiger partial charge is 0.0499 e. The summed E-state index contributed by atoms with van der Waals surface area (Å²) in [6, 6.07) is 0. The first-order valence-electron chi connectivity index (χ1n) is 5.94. The van der Waals surface area contributed by atoms with Crippen LogP contribution in [0.5, 0.6) is 0 Å². The minimum absolute atomic E-state index is 0.589. The molecule has 0 rings (SSSR count). The predicted molar refractivity (Wildman–Crippen MR) is 64.2 cm³/mol. The highest BCUT2D eigenvalue weighted by Gasteiger charge is 1.99. The van der Waals surface area contributed by atoms with E-state index in [2.05, 4.69) is 26.1 Å². The molecule has 1 atom stereocenters. The summed E-state index contributed by atoms with van der Waals surface area (Å²) >= 11 is 0. The number of hydrogen-bond acceptors (Lipinski definition) is 3. The van der Waals surface area contributed by atoms with E-state index in [1.54, 1.807) is 7.11 Å². The maximum absolute atomic E-state index is 5.48. The lowest BCUT2D eigenvalue weighted by Crippen LogP contribution is -2.25. The first-order chi connectivity index (χ1) is 7.16. The zero-order valence-corrected chi connectivity index (χ0v) is 10.7. The zero-order valence-electron chi connectivity index (χ0n) is 10.7. The third kappa shape index (κ3) is 11.8. The highest BCUT2D eigenvalue weighted by molar-refractivity contribution is 4.55. The fourth-order valence-electron chi connectivity index (χ4n) is 1.31. The quantitative estimate of drug-likeness (QED) is 0.567. The summed E-state index contributed by atoms with van der Waals surface area (Å²) in [7, 11) is 1.75. The molecule has 0 saturated heterocycles. The first kappa shape index (κ1) is 14.9. The second kappa shape index (κ2) is 10.4. The number of nitrogens with one attached hydrogen (secondary N) is 1. The molecule has 0 aromatic heterocycles. The van der Waals surface area contributed by atoms with Gasteiger partial charge in [-0.2, -0.15) is 0 Å². The summed E-state index contributed by atoms with van der Waals surface area (Å²) in [5, 5.41) is 3.40. The van der Waals surface area contributed by atoms with Gasteiger partial charge in [0.25, 0.3) is 0 Å². The van der Waals surface area contributed by atoms with Gasteiger partial charge in [0.15, 0.2) is 0 Å². The maximum Gasteiger partial charge on any atom is 0.0499 e. The summed E-state index contributed by atoms with van der Waals surface area (Å²) in [4.78, 5) is 0. The van der Waals surface area contributed by atoms with Crippen molar-refractivity contribution >= 4 is 0 Å². The Morgan fingerprint density at radius 3 is 2.47 bits per heavy atom. The zero-order chi connectivity index (χ0) is 11.5. The maximum atomic E-state index is 5.48. The van der Waals surface area contributed by atoms with Crippen molar-refractivity contribution in [3.05, 3.63) is 0 Å². The Morgan fingerprint density at radius 2 is 1.87 bits per heavy atom. The molecule has 0 bridgehead atoms. The summed E-state index contributed by atoms with van der Waals surface area (Å²) in [6.07, 6.45) is 1.09. The van der Waals surface area contributed by atoms with Crippen molar-refractivity contribution < 1.29 is 9.47 Å². The van der Waals surface area contributed by atoms with Crippen LogP contribution < -0.4 is 5.32 Å². The highest BCUT2D eigenvalue weighted by Crippen LogP contribution is 1.94. The van der Waals surface area contributed by atoms with Crippen LogP contribution in [0.4, 0.5) is 0 Å². The minimum atomic E-state index is 0.589. The number of rotatable bonds is 10. The average molecular weight is 217 g/mol. The van der Waals surface area contributed by atoms with Crippen molar-refractivity contribution in [3.63, 3.8) is 0 Å². The molecule has 0 heterocycles. The van der Waals surface area contributed by atoms with Crippen molar-refractivity contribution in [2.24, 2.45) is 11.8 Å². The molecule has 1 unspecified atom stereocenters. The van der Waals surface area contributed by atoms with Gasteiger partial charge in [-0.15, -0.1) is 0 Å². The summed E-state index contributed by atoms with van der Waals surface area (Å²) in [5.41, 5.74) is 0. The molecule has 15 heavy (non-hydrogen) atoms. The Bertz CT molecular complexity index is 129. The third-order valence-corrected chi connectivity index (χ3v) is 2.04. The van der Waals surface area contributed by atoms with Crippen LogP contribution in [0.25, 0.3) is 0 Å². The Hall–Kier alpha value is -0.120. The van der Waals surface area contributed by atoms with Gasteiger partial charge in [-0.1, -0.05) is 20.8 Å². The molecular formula is C12H27NO2. The molecule has 0 aliphatic carbocycles. The first-order valence-corrected chi connectivity index (χ1v) is 5.94. The normalized spacial score (nSPS) is 13.4. The van der Waals surface area contributed by atoms with E-state index in [9.17, 15) is 0 Å². The molecule has 0 radical (unpaired) electrons. The fraction of sp³-hybridized carbons (Fsp3) is 1.00. The number of methoxy groups -OCH3 is 1. The van der Waals surface area contributed by atoms with Crippen LogP contribution >= 0.6 is 0 Å². The third-order valence-electron chi connectivity index (χ3n) is 2.04. The van der Waals surface area contributed by atoms with Gasteiger partial charge in [-0.3, -0.25) is 0 Å². The standard InChI is InChI=1S/C12H27NO2/c1-11(2)9-15-7-5-6-13-8-12(3)10-14-4/h11-13H,5-10H2,1-4H3. The molecule has 0 saturated carbocycles. The minimum Gasteiger partial charge on any atom is -0.384 e. The molecule has 3 heteroatoms. The topological polar surface area (TPSA) is 30.5 Å². The number of ether oxygens (including phenoxy) is 2. The van der Waals surface area contributed by atoms with Crippen molar-refractivity contribution in [3.8, 4) is 0 Å².